The minimum Gasteiger partial charge on any atom is -0.399 e. The van der Waals surface area contributed by atoms with Gasteiger partial charge in [0.25, 0.3) is 0 Å². The number of anilines is 2. The molecule has 3 N–H and O–H groups in total. The molecule has 0 aliphatic heterocycles. The van der Waals surface area contributed by atoms with E-state index in [4.69, 9.17) is 5.73 Å². The highest BCUT2D eigenvalue weighted by Gasteiger charge is 2.01. The summed E-state index contributed by atoms with van der Waals surface area (Å²) in [6, 6.07) is 7.21. The van der Waals surface area contributed by atoms with E-state index in [2.05, 4.69) is 12.2 Å². The lowest BCUT2D eigenvalue weighted by atomic mass is 10.3. The maximum atomic E-state index is 11.4. The highest BCUT2D eigenvalue weighted by atomic mass is 32.2. The summed E-state index contributed by atoms with van der Waals surface area (Å²) in [6.45, 7) is 2.08. The van der Waals surface area contributed by atoms with E-state index in [1.807, 2.05) is 12.1 Å². The van der Waals surface area contributed by atoms with Crippen molar-refractivity contribution in [3.05, 3.63) is 24.3 Å². The van der Waals surface area contributed by atoms with Crippen LogP contribution in [0.5, 0.6) is 0 Å². The van der Waals surface area contributed by atoms with Gasteiger partial charge in [0, 0.05) is 23.5 Å². The Morgan fingerprint density at radius 2 is 2.33 bits per heavy atom. The molecule has 0 atom stereocenters. The Kier molecular flexibility index (Phi) is 5.04. The summed E-state index contributed by atoms with van der Waals surface area (Å²) in [5.74, 6) is 1.96. The van der Waals surface area contributed by atoms with Crippen molar-refractivity contribution in [2.75, 3.05) is 22.6 Å². The van der Waals surface area contributed by atoms with Crippen LogP contribution in [0.4, 0.5) is 11.4 Å². The lowest BCUT2D eigenvalue weighted by Gasteiger charge is -2.05. The van der Waals surface area contributed by atoms with Gasteiger partial charge in [-0.3, -0.25) is 4.79 Å². The number of nitrogens with one attached hydrogen (secondary N) is 1. The Morgan fingerprint density at radius 1 is 1.53 bits per heavy atom. The van der Waals surface area contributed by atoms with Crippen LogP contribution in [0.25, 0.3) is 0 Å². The lowest BCUT2D eigenvalue weighted by Crippen LogP contribution is -2.12. The molecule has 0 fully saturated rings. The van der Waals surface area contributed by atoms with Crippen molar-refractivity contribution in [2.24, 2.45) is 0 Å². The van der Waals surface area contributed by atoms with Gasteiger partial charge in [-0.1, -0.05) is 13.0 Å². The molecule has 3 nitrogen and oxygen atoms in total. The second kappa shape index (κ2) is 6.35. The first-order chi connectivity index (χ1) is 7.22. The van der Waals surface area contributed by atoms with Crippen molar-refractivity contribution in [3.8, 4) is 0 Å². The molecule has 0 saturated heterocycles. The van der Waals surface area contributed by atoms with Gasteiger partial charge in [-0.2, -0.15) is 11.8 Å². The number of hydrogen-bond donors (Lipinski definition) is 2. The van der Waals surface area contributed by atoms with Gasteiger partial charge in [-0.25, -0.2) is 0 Å². The molecule has 4 heteroatoms. The largest absolute Gasteiger partial charge is 0.399 e. The van der Waals surface area contributed by atoms with E-state index in [0.717, 1.165) is 17.2 Å². The number of carbonyl (C=O) groups is 1. The van der Waals surface area contributed by atoms with Crippen molar-refractivity contribution >= 4 is 29.0 Å². The number of hydrogen-bond acceptors (Lipinski definition) is 3. The number of carbonyl (C=O) groups excluding carboxylic acids is 1. The fourth-order valence-corrected chi connectivity index (χ4v) is 1.77. The highest BCUT2D eigenvalue weighted by Crippen LogP contribution is 2.12. The third-order valence-electron chi connectivity index (χ3n) is 1.85. The van der Waals surface area contributed by atoms with Crippen LogP contribution in [0.15, 0.2) is 24.3 Å². The first-order valence-corrected chi connectivity index (χ1v) is 6.11. The predicted octanol–water partition coefficient (Wildman–Crippen LogP) is 2.35. The summed E-state index contributed by atoms with van der Waals surface area (Å²) >= 11 is 1.76. The van der Waals surface area contributed by atoms with Gasteiger partial charge in [0.1, 0.15) is 0 Å². The second-order valence-electron chi connectivity index (χ2n) is 3.12. The Labute approximate surface area is 94.4 Å². The molecular formula is C11H16N2OS. The summed E-state index contributed by atoms with van der Waals surface area (Å²) in [4.78, 5) is 11.4. The van der Waals surface area contributed by atoms with Crippen LogP contribution in [0, 0.1) is 0 Å². The number of amides is 1. The highest BCUT2D eigenvalue weighted by molar-refractivity contribution is 7.99. The maximum absolute atomic E-state index is 11.4. The number of thioether (sulfide) groups is 1. The molecule has 15 heavy (non-hydrogen) atoms. The van der Waals surface area contributed by atoms with Crippen molar-refractivity contribution in [3.63, 3.8) is 0 Å². The third kappa shape index (κ3) is 4.74. The van der Waals surface area contributed by atoms with Crippen LogP contribution in [0.3, 0.4) is 0 Å². The Bertz CT molecular complexity index is 328. The zero-order valence-electron chi connectivity index (χ0n) is 8.82. The Morgan fingerprint density at radius 3 is 3.00 bits per heavy atom. The van der Waals surface area contributed by atoms with Crippen molar-refractivity contribution in [2.45, 2.75) is 13.3 Å². The first kappa shape index (κ1) is 11.9. The number of nitrogen functional groups attached to an aromatic ring is 1. The number of nitrogens with two attached hydrogens (primary N) is 1. The molecule has 0 aliphatic carbocycles. The van der Waals surface area contributed by atoms with Crippen LogP contribution in [-0.4, -0.2) is 17.4 Å². The number of benzene rings is 1. The summed E-state index contributed by atoms with van der Waals surface area (Å²) in [5.41, 5.74) is 7.03. The lowest BCUT2D eigenvalue weighted by molar-refractivity contribution is -0.115. The van der Waals surface area contributed by atoms with Crippen LogP contribution >= 0.6 is 11.8 Å². The minimum absolute atomic E-state index is 0.0431. The summed E-state index contributed by atoms with van der Waals surface area (Å²) in [7, 11) is 0. The van der Waals surface area contributed by atoms with E-state index in [9.17, 15) is 4.79 Å². The smallest absolute Gasteiger partial charge is 0.225 e. The minimum atomic E-state index is 0.0431. The molecule has 1 amide bonds. The van der Waals surface area contributed by atoms with Gasteiger partial charge in [0.2, 0.25) is 5.91 Å². The zero-order chi connectivity index (χ0) is 11.1. The average molecular weight is 224 g/mol. The fraction of sp³-hybridized carbons (Fsp3) is 0.364. The third-order valence-corrected chi connectivity index (χ3v) is 2.75. The molecule has 1 rings (SSSR count). The monoisotopic (exact) mass is 224 g/mol. The molecule has 1 aromatic carbocycles. The van der Waals surface area contributed by atoms with Gasteiger partial charge in [0.05, 0.1) is 0 Å². The van der Waals surface area contributed by atoms with Crippen LogP contribution < -0.4 is 11.1 Å². The van der Waals surface area contributed by atoms with Crippen LogP contribution in [-0.2, 0) is 4.79 Å². The van der Waals surface area contributed by atoms with E-state index in [1.54, 1.807) is 23.9 Å². The topological polar surface area (TPSA) is 55.1 Å². The molecule has 0 aromatic heterocycles. The SMILES string of the molecule is CCSCCC(=O)Nc1cccc(N)c1. The van der Waals surface area contributed by atoms with Crippen LogP contribution in [0.1, 0.15) is 13.3 Å². The zero-order valence-corrected chi connectivity index (χ0v) is 9.64. The van der Waals surface area contributed by atoms with E-state index in [1.165, 1.54) is 0 Å². The van der Waals surface area contributed by atoms with Gasteiger partial charge < -0.3 is 11.1 Å². The Hall–Kier alpha value is -1.16. The summed E-state index contributed by atoms with van der Waals surface area (Å²) < 4.78 is 0. The quantitative estimate of drug-likeness (QED) is 0.596. The fourth-order valence-electron chi connectivity index (χ4n) is 1.15. The average Bonchev–Trinajstić information content (AvgIpc) is 2.18. The van der Waals surface area contributed by atoms with E-state index < -0.39 is 0 Å². The van der Waals surface area contributed by atoms with Crippen LogP contribution in [0.2, 0.25) is 0 Å². The molecule has 0 unspecified atom stereocenters. The molecule has 0 radical (unpaired) electrons. The summed E-state index contributed by atoms with van der Waals surface area (Å²) in [6.07, 6.45) is 0.549. The number of rotatable bonds is 5. The second-order valence-corrected chi connectivity index (χ2v) is 4.51. The molecule has 0 spiro atoms. The van der Waals surface area contributed by atoms with E-state index in [0.29, 0.717) is 12.1 Å². The molecule has 0 aliphatic rings. The standard InChI is InChI=1S/C11H16N2OS/c1-2-15-7-6-11(14)13-10-5-3-4-9(12)8-10/h3-5,8H,2,6-7,12H2,1H3,(H,13,14). The molecule has 0 saturated carbocycles. The van der Waals surface area contributed by atoms with Gasteiger partial charge in [-0.15, -0.1) is 0 Å². The van der Waals surface area contributed by atoms with E-state index in [-0.39, 0.29) is 5.91 Å². The first-order valence-electron chi connectivity index (χ1n) is 4.95. The molecule has 82 valence electrons. The van der Waals surface area contributed by atoms with Gasteiger partial charge in [-0.05, 0) is 24.0 Å². The van der Waals surface area contributed by atoms with Gasteiger partial charge >= 0.3 is 0 Å². The molecule has 0 bridgehead atoms. The van der Waals surface area contributed by atoms with Crippen molar-refractivity contribution in [1.29, 1.82) is 0 Å². The summed E-state index contributed by atoms with van der Waals surface area (Å²) in [5, 5.41) is 2.81. The van der Waals surface area contributed by atoms with Gasteiger partial charge in [0.15, 0.2) is 0 Å². The molecule has 1 aromatic rings. The molecular weight excluding hydrogens is 208 g/mol. The predicted molar refractivity (Wildman–Crippen MR) is 67.1 cm³/mol. The maximum Gasteiger partial charge on any atom is 0.225 e. The molecule has 0 heterocycles. The van der Waals surface area contributed by atoms with Crippen molar-refractivity contribution in [1.82, 2.24) is 0 Å². The normalized spacial score (nSPS) is 9.93. The Balaban J connectivity index is 2.37. The van der Waals surface area contributed by atoms with Crippen molar-refractivity contribution < 1.29 is 4.79 Å². The van der Waals surface area contributed by atoms with E-state index >= 15 is 0 Å².